The molecule has 0 bridgehead atoms. The van der Waals surface area contributed by atoms with Gasteiger partial charge in [-0.05, 0) is 55.3 Å². The molecule has 1 aliphatic rings. The number of carbonyl (C=O) groups is 3. The number of benzene rings is 2. The molecule has 0 saturated carbocycles. The summed E-state index contributed by atoms with van der Waals surface area (Å²) in [6.07, 6.45) is 1.25. The predicted octanol–water partition coefficient (Wildman–Crippen LogP) is 3.90. The molecule has 2 aromatic rings. The zero-order valence-corrected chi connectivity index (χ0v) is 17.2. The highest BCUT2D eigenvalue weighted by molar-refractivity contribution is 9.10. The van der Waals surface area contributed by atoms with E-state index in [1.807, 2.05) is 12.1 Å². The Bertz CT molecular complexity index is 875. The quantitative estimate of drug-likeness (QED) is 0.751. The zero-order valence-electron chi connectivity index (χ0n) is 15.6. The molecule has 1 saturated heterocycles. The highest BCUT2D eigenvalue weighted by Gasteiger charge is 2.27. The molecule has 0 spiro atoms. The molecule has 2 N–H and O–H groups in total. The Labute approximate surface area is 172 Å². The van der Waals surface area contributed by atoms with Gasteiger partial charge in [-0.2, -0.15) is 0 Å². The molecule has 3 rings (SSSR count). The van der Waals surface area contributed by atoms with Crippen molar-refractivity contribution >= 4 is 45.0 Å². The molecule has 0 unspecified atom stereocenters. The number of halogens is 1. The van der Waals surface area contributed by atoms with Crippen molar-refractivity contribution in [3.8, 4) is 0 Å². The number of likely N-dealkylation sites (tertiary alicyclic amines) is 1. The SMILES string of the molecule is CC(=O)Nc1cccc(NC(=O)C2CCN(C(=O)c3ccc(Br)cc3)CC2)c1. The van der Waals surface area contributed by atoms with Gasteiger partial charge in [0.25, 0.3) is 5.91 Å². The lowest BCUT2D eigenvalue weighted by atomic mass is 9.95. The second-order valence-corrected chi connectivity index (χ2v) is 7.74. The Morgan fingerprint density at radius 3 is 2.18 bits per heavy atom. The molecule has 1 fully saturated rings. The van der Waals surface area contributed by atoms with Crippen LogP contribution in [0.5, 0.6) is 0 Å². The smallest absolute Gasteiger partial charge is 0.253 e. The van der Waals surface area contributed by atoms with E-state index in [9.17, 15) is 14.4 Å². The van der Waals surface area contributed by atoms with Crippen molar-refractivity contribution in [3.05, 3.63) is 58.6 Å². The van der Waals surface area contributed by atoms with E-state index in [2.05, 4.69) is 26.6 Å². The van der Waals surface area contributed by atoms with Crippen molar-refractivity contribution in [1.82, 2.24) is 4.90 Å². The van der Waals surface area contributed by atoms with E-state index < -0.39 is 0 Å². The van der Waals surface area contributed by atoms with E-state index in [1.54, 1.807) is 41.3 Å². The molecule has 1 aliphatic heterocycles. The van der Waals surface area contributed by atoms with Crippen molar-refractivity contribution in [2.24, 2.45) is 5.92 Å². The molecule has 1 heterocycles. The molecular formula is C21H22BrN3O3. The molecule has 2 aromatic carbocycles. The number of carbonyl (C=O) groups excluding carboxylic acids is 3. The molecule has 3 amide bonds. The summed E-state index contributed by atoms with van der Waals surface area (Å²) in [5.41, 5.74) is 1.94. The van der Waals surface area contributed by atoms with E-state index in [0.29, 0.717) is 42.9 Å². The van der Waals surface area contributed by atoms with E-state index in [4.69, 9.17) is 0 Å². The van der Waals surface area contributed by atoms with Crippen LogP contribution in [-0.4, -0.2) is 35.7 Å². The van der Waals surface area contributed by atoms with E-state index in [0.717, 1.165) is 4.47 Å². The van der Waals surface area contributed by atoms with Gasteiger partial charge in [-0.25, -0.2) is 0 Å². The third-order valence-corrected chi connectivity index (χ3v) is 5.22. The first-order chi connectivity index (χ1) is 13.4. The number of nitrogens with zero attached hydrogens (tertiary/aromatic N) is 1. The first-order valence-corrected chi connectivity index (χ1v) is 9.95. The number of hydrogen-bond donors (Lipinski definition) is 2. The average Bonchev–Trinajstić information content (AvgIpc) is 2.68. The molecule has 146 valence electrons. The Kier molecular flexibility index (Phi) is 6.46. The Morgan fingerprint density at radius 2 is 1.57 bits per heavy atom. The molecule has 0 aliphatic carbocycles. The summed E-state index contributed by atoms with van der Waals surface area (Å²) in [5.74, 6) is -0.366. The minimum atomic E-state index is -0.161. The molecular weight excluding hydrogens is 422 g/mol. The van der Waals surface area contributed by atoms with Gasteiger partial charge in [-0.1, -0.05) is 22.0 Å². The monoisotopic (exact) mass is 443 g/mol. The third-order valence-electron chi connectivity index (χ3n) is 4.69. The Hall–Kier alpha value is -2.67. The molecule has 0 radical (unpaired) electrons. The first-order valence-electron chi connectivity index (χ1n) is 9.16. The van der Waals surface area contributed by atoms with Gasteiger partial charge in [0.05, 0.1) is 0 Å². The van der Waals surface area contributed by atoms with Crippen molar-refractivity contribution < 1.29 is 14.4 Å². The van der Waals surface area contributed by atoms with Crippen molar-refractivity contribution in [3.63, 3.8) is 0 Å². The zero-order chi connectivity index (χ0) is 20.1. The van der Waals surface area contributed by atoms with Gasteiger partial charge in [0.1, 0.15) is 0 Å². The maximum absolute atomic E-state index is 12.6. The van der Waals surface area contributed by atoms with Crippen LogP contribution in [0.4, 0.5) is 11.4 Å². The fraction of sp³-hybridized carbons (Fsp3) is 0.286. The molecule has 7 heteroatoms. The van der Waals surface area contributed by atoms with Gasteiger partial charge in [0, 0.05) is 47.3 Å². The number of hydrogen-bond acceptors (Lipinski definition) is 3. The van der Waals surface area contributed by atoms with Gasteiger partial charge < -0.3 is 15.5 Å². The summed E-state index contributed by atoms with van der Waals surface area (Å²) in [7, 11) is 0. The molecule has 6 nitrogen and oxygen atoms in total. The number of rotatable bonds is 4. The Balaban J connectivity index is 1.54. The van der Waals surface area contributed by atoms with Gasteiger partial charge in [0.15, 0.2) is 0 Å². The van der Waals surface area contributed by atoms with Crippen molar-refractivity contribution in [2.75, 3.05) is 23.7 Å². The van der Waals surface area contributed by atoms with Crippen molar-refractivity contribution in [1.29, 1.82) is 0 Å². The minimum absolute atomic E-state index is 0.00522. The summed E-state index contributed by atoms with van der Waals surface area (Å²) in [6, 6.07) is 14.4. The molecule has 0 aromatic heterocycles. The van der Waals surface area contributed by atoms with E-state index >= 15 is 0 Å². The van der Waals surface area contributed by atoms with Crippen LogP contribution in [0, 0.1) is 5.92 Å². The maximum atomic E-state index is 12.6. The molecule has 0 atom stereocenters. The fourth-order valence-corrected chi connectivity index (χ4v) is 3.51. The molecule has 28 heavy (non-hydrogen) atoms. The summed E-state index contributed by atoms with van der Waals surface area (Å²) in [4.78, 5) is 38.1. The normalized spacial score (nSPS) is 14.4. The van der Waals surface area contributed by atoms with E-state index in [-0.39, 0.29) is 23.6 Å². The van der Waals surface area contributed by atoms with Crippen LogP contribution >= 0.6 is 15.9 Å². The summed E-state index contributed by atoms with van der Waals surface area (Å²) >= 11 is 3.37. The van der Waals surface area contributed by atoms with Crippen LogP contribution in [0.2, 0.25) is 0 Å². The van der Waals surface area contributed by atoms with Crippen LogP contribution in [0.15, 0.2) is 53.0 Å². The van der Waals surface area contributed by atoms with Crippen LogP contribution in [-0.2, 0) is 9.59 Å². The van der Waals surface area contributed by atoms with Crippen LogP contribution in [0.3, 0.4) is 0 Å². The van der Waals surface area contributed by atoms with Gasteiger partial charge >= 0.3 is 0 Å². The highest BCUT2D eigenvalue weighted by Crippen LogP contribution is 2.22. The highest BCUT2D eigenvalue weighted by atomic mass is 79.9. The van der Waals surface area contributed by atoms with Gasteiger partial charge in [-0.3, -0.25) is 14.4 Å². The predicted molar refractivity (Wildman–Crippen MR) is 112 cm³/mol. The number of anilines is 2. The van der Waals surface area contributed by atoms with Crippen LogP contribution in [0.1, 0.15) is 30.1 Å². The summed E-state index contributed by atoms with van der Waals surface area (Å²) < 4.78 is 0.932. The average molecular weight is 444 g/mol. The lowest BCUT2D eigenvalue weighted by Crippen LogP contribution is -2.41. The number of amides is 3. The summed E-state index contributed by atoms with van der Waals surface area (Å²) in [6.45, 7) is 2.55. The number of nitrogens with one attached hydrogen (secondary N) is 2. The Morgan fingerprint density at radius 1 is 0.964 bits per heavy atom. The standard InChI is InChI=1S/C21H22BrN3O3/c1-14(26)23-18-3-2-4-19(13-18)24-20(27)15-9-11-25(12-10-15)21(28)16-5-7-17(22)8-6-16/h2-8,13,15H,9-12H2,1H3,(H,23,26)(H,24,27). The van der Waals surface area contributed by atoms with Crippen LogP contribution in [0.25, 0.3) is 0 Å². The van der Waals surface area contributed by atoms with Crippen molar-refractivity contribution in [2.45, 2.75) is 19.8 Å². The minimum Gasteiger partial charge on any atom is -0.339 e. The van der Waals surface area contributed by atoms with Gasteiger partial charge in [0.2, 0.25) is 11.8 Å². The van der Waals surface area contributed by atoms with Gasteiger partial charge in [-0.15, -0.1) is 0 Å². The first kappa shape index (κ1) is 20.1. The maximum Gasteiger partial charge on any atom is 0.253 e. The lowest BCUT2D eigenvalue weighted by Gasteiger charge is -2.31. The lowest BCUT2D eigenvalue weighted by molar-refractivity contribution is -0.121. The largest absolute Gasteiger partial charge is 0.339 e. The third kappa shape index (κ3) is 5.19. The second-order valence-electron chi connectivity index (χ2n) is 6.82. The van der Waals surface area contributed by atoms with E-state index in [1.165, 1.54) is 6.92 Å². The van der Waals surface area contributed by atoms with Crippen LogP contribution < -0.4 is 10.6 Å². The second kappa shape index (κ2) is 9.01. The number of piperidine rings is 1. The summed E-state index contributed by atoms with van der Waals surface area (Å²) in [5, 5.41) is 5.61. The topological polar surface area (TPSA) is 78.5 Å². The fourth-order valence-electron chi connectivity index (χ4n) is 3.24.